The molecule has 5 aromatic rings. The molecule has 0 spiro atoms. The van der Waals surface area contributed by atoms with E-state index in [1.54, 1.807) is 50.4 Å². The Morgan fingerprint density at radius 1 is 0.939 bits per heavy atom. The molecule has 17 heteroatoms. The third kappa shape index (κ3) is 8.13. The summed E-state index contributed by atoms with van der Waals surface area (Å²) in [6.07, 6.45) is 0. The van der Waals surface area contributed by atoms with Crippen LogP contribution in [-0.4, -0.2) is 65.4 Å². The number of nitro benzene ring substituents is 1. The molecule has 4 aromatic carbocycles. The molecular weight excluding hydrogens is 679 g/mol. The van der Waals surface area contributed by atoms with Crippen molar-refractivity contribution in [1.29, 1.82) is 0 Å². The number of hydrogen-bond acceptors (Lipinski definition) is 13. The van der Waals surface area contributed by atoms with E-state index in [1.165, 1.54) is 12.1 Å². The standard InChI is InChI=1S/C32H33N4O11PS/c1-23-20-29-31(30(21-23)36(38)39)33-34-35(29)47-48(40,41)46-17-19-49(42,43)18-16-45-32(25-6-4-3-5-7-25,26-10-8-24(22-37)9-11-26)27-12-14-28(44-2)15-13-27/h3-15,20-21,37H,16-19,22H2,1-2H3,(H,40,41)/p-1. The number of phosphoric acid groups is 1. The van der Waals surface area contributed by atoms with Crippen LogP contribution in [0, 0.1) is 17.0 Å². The van der Waals surface area contributed by atoms with Gasteiger partial charge in [0.25, 0.3) is 5.69 Å². The van der Waals surface area contributed by atoms with Gasteiger partial charge in [-0.1, -0.05) is 71.6 Å². The number of non-ortho nitro benzene ring substituents is 1. The second-order valence-corrected chi connectivity index (χ2v) is 14.5. The van der Waals surface area contributed by atoms with Crippen LogP contribution in [0.2, 0.25) is 0 Å². The second-order valence-electron chi connectivity index (χ2n) is 10.9. The SMILES string of the molecule is COc1ccc(C(OCCS(=O)(=O)CCOP(=O)([O-])On2nnc3c([N+](=O)[O-])cc(C)cc32)(c2ccccc2)c2ccc(CO)cc2)cc1. The first-order valence-corrected chi connectivity index (χ1v) is 18.1. The zero-order chi connectivity index (χ0) is 35.2. The Morgan fingerprint density at radius 3 is 2.16 bits per heavy atom. The number of aliphatic hydroxyl groups excluding tert-OH is 1. The van der Waals surface area contributed by atoms with Crippen molar-refractivity contribution in [3.8, 4) is 5.75 Å². The maximum Gasteiger partial charge on any atom is 0.343 e. The molecule has 1 N–H and O–H groups in total. The van der Waals surface area contributed by atoms with Gasteiger partial charge >= 0.3 is 7.82 Å². The normalized spacial score (nSPS) is 14.2. The number of nitro groups is 1. The van der Waals surface area contributed by atoms with E-state index in [-0.39, 0.29) is 24.2 Å². The van der Waals surface area contributed by atoms with Crippen LogP contribution in [0.1, 0.15) is 27.8 Å². The molecule has 49 heavy (non-hydrogen) atoms. The monoisotopic (exact) mass is 711 g/mol. The molecule has 1 aromatic heterocycles. The zero-order valence-corrected chi connectivity index (χ0v) is 28.1. The number of rotatable bonds is 16. The highest BCUT2D eigenvalue weighted by Crippen LogP contribution is 2.41. The third-order valence-electron chi connectivity index (χ3n) is 7.60. The van der Waals surface area contributed by atoms with Crippen LogP contribution in [-0.2, 0) is 35.9 Å². The minimum Gasteiger partial charge on any atom is -0.745 e. The van der Waals surface area contributed by atoms with E-state index >= 15 is 0 Å². The lowest BCUT2D eigenvalue weighted by atomic mass is 9.79. The van der Waals surface area contributed by atoms with Crippen molar-refractivity contribution in [2.45, 2.75) is 19.1 Å². The van der Waals surface area contributed by atoms with Crippen LogP contribution in [0.15, 0.2) is 91.0 Å². The second kappa shape index (κ2) is 14.8. The van der Waals surface area contributed by atoms with E-state index in [2.05, 4.69) is 10.3 Å². The first-order valence-electron chi connectivity index (χ1n) is 14.8. The Bertz CT molecular complexity index is 2030. The maximum absolute atomic E-state index is 13.1. The molecule has 0 aliphatic rings. The van der Waals surface area contributed by atoms with Crippen LogP contribution in [0.5, 0.6) is 5.75 Å². The Kier molecular flexibility index (Phi) is 10.8. The quantitative estimate of drug-likeness (QED) is 0.0674. The molecule has 0 saturated carbocycles. The van der Waals surface area contributed by atoms with E-state index in [0.29, 0.717) is 38.4 Å². The molecule has 15 nitrogen and oxygen atoms in total. The topological polar surface area (TPSA) is 205 Å². The summed E-state index contributed by atoms with van der Waals surface area (Å²) in [5.74, 6) is -0.575. The molecule has 258 valence electrons. The Morgan fingerprint density at radius 2 is 1.55 bits per heavy atom. The number of aromatic nitrogens is 3. The molecule has 0 aliphatic heterocycles. The molecule has 0 saturated heterocycles. The van der Waals surface area contributed by atoms with Crippen molar-refractivity contribution in [2.24, 2.45) is 0 Å². The fraction of sp³-hybridized carbons (Fsp3) is 0.250. The molecule has 0 bridgehead atoms. The average molecular weight is 712 g/mol. The van der Waals surface area contributed by atoms with Gasteiger partial charge in [0.15, 0.2) is 15.4 Å². The van der Waals surface area contributed by atoms with Crippen LogP contribution in [0.4, 0.5) is 5.69 Å². The van der Waals surface area contributed by atoms with E-state index in [1.807, 2.05) is 42.5 Å². The summed E-state index contributed by atoms with van der Waals surface area (Å²) in [7, 11) is -7.59. The molecule has 0 aliphatic carbocycles. The summed E-state index contributed by atoms with van der Waals surface area (Å²) >= 11 is 0. The van der Waals surface area contributed by atoms with Crippen LogP contribution in [0.3, 0.4) is 0 Å². The Hall–Kier alpha value is -4.70. The summed E-state index contributed by atoms with van der Waals surface area (Å²) in [6.45, 7) is 0.320. The number of hydrogen-bond donors (Lipinski definition) is 1. The van der Waals surface area contributed by atoms with Gasteiger partial charge in [0.2, 0.25) is 0 Å². The number of aliphatic hydroxyl groups is 1. The molecule has 0 fully saturated rings. The van der Waals surface area contributed by atoms with E-state index in [0.717, 1.165) is 0 Å². The minimum atomic E-state index is -5.20. The lowest BCUT2D eigenvalue weighted by molar-refractivity contribution is -0.383. The van der Waals surface area contributed by atoms with Crippen LogP contribution in [0.25, 0.3) is 11.0 Å². The van der Waals surface area contributed by atoms with Crippen molar-refractivity contribution in [2.75, 3.05) is 31.8 Å². The number of nitrogens with zero attached hydrogens (tertiary/aromatic N) is 4. The largest absolute Gasteiger partial charge is 0.745 e. The smallest absolute Gasteiger partial charge is 0.343 e. The van der Waals surface area contributed by atoms with Gasteiger partial charge in [0.05, 0.1) is 43.4 Å². The highest BCUT2D eigenvalue weighted by molar-refractivity contribution is 7.91. The Balaban J connectivity index is 1.31. The molecule has 0 radical (unpaired) electrons. The van der Waals surface area contributed by atoms with Crippen molar-refractivity contribution in [3.05, 3.63) is 129 Å². The summed E-state index contributed by atoms with van der Waals surface area (Å²) in [6, 6.07) is 26.1. The molecule has 2 atom stereocenters. The number of ether oxygens (including phenoxy) is 2. The number of methoxy groups -OCH3 is 1. The van der Waals surface area contributed by atoms with E-state index in [9.17, 15) is 33.1 Å². The van der Waals surface area contributed by atoms with Crippen molar-refractivity contribution in [1.82, 2.24) is 15.2 Å². The lowest BCUT2D eigenvalue weighted by Gasteiger charge is -2.36. The predicted molar refractivity (Wildman–Crippen MR) is 175 cm³/mol. The van der Waals surface area contributed by atoms with Gasteiger partial charge in [-0.05, 0) is 58.2 Å². The fourth-order valence-electron chi connectivity index (χ4n) is 5.23. The van der Waals surface area contributed by atoms with Crippen LogP contribution < -0.4 is 14.3 Å². The predicted octanol–water partition coefficient (Wildman–Crippen LogP) is 3.49. The minimum absolute atomic E-state index is 0.0964. The molecule has 5 rings (SSSR count). The lowest BCUT2D eigenvalue weighted by Crippen LogP contribution is -2.35. The first kappa shape index (κ1) is 35.6. The molecule has 2 unspecified atom stereocenters. The van der Waals surface area contributed by atoms with Gasteiger partial charge in [-0.25, -0.2) is 8.42 Å². The van der Waals surface area contributed by atoms with Crippen molar-refractivity contribution < 1.29 is 46.5 Å². The van der Waals surface area contributed by atoms with Crippen LogP contribution >= 0.6 is 7.82 Å². The summed E-state index contributed by atoms with van der Waals surface area (Å²) in [5, 5.41) is 28.1. The van der Waals surface area contributed by atoms with Gasteiger partial charge in [-0.2, -0.15) is 0 Å². The van der Waals surface area contributed by atoms with Gasteiger partial charge < -0.3 is 28.6 Å². The van der Waals surface area contributed by atoms with Gasteiger partial charge in [-0.3, -0.25) is 14.7 Å². The summed E-state index contributed by atoms with van der Waals surface area (Å²) in [5.41, 5.74) is 1.19. The third-order valence-corrected chi connectivity index (χ3v) is 10.0. The maximum atomic E-state index is 13.1. The number of sulfone groups is 1. The average Bonchev–Trinajstić information content (AvgIpc) is 3.47. The van der Waals surface area contributed by atoms with E-state index in [4.69, 9.17) is 18.6 Å². The highest BCUT2D eigenvalue weighted by atomic mass is 32.2. The number of phosphoric ester groups is 1. The summed E-state index contributed by atoms with van der Waals surface area (Å²) in [4.78, 5) is 23.7. The van der Waals surface area contributed by atoms with Gasteiger partial charge in [0.1, 0.15) is 16.9 Å². The van der Waals surface area contributed by atoms with Gasteiger partial charge in [-0.15, -0.1) is 5.10 Å². The first-order chi connectivity index (χ1) is 23.4. The highest BCUT2D eigenvalue weighted by Gasteiger charge is 2.38. The number of aryl methyl sites for hydroxylation is 1. The molecule has 1 heterocycles. The molecular formula is C32H32N4O11PS-. The summed E-state index contributed by atoms with van der Waals surface area (Å²) < 4.78 is 60.2. The molecule has 0 amide bonds. The van der Waals surface area contributed by atoms with E-state index < -0.39 is 52.0 Å². The Labute approximate surface area is 281 Å². The van der Waals surface area contributed by atoms with Crippen molar-refractivity contribution >= 4 is 34.4 Å². The van der Waals surface area contributed by atoms with Crippen molar-refractivity contribution in [3.63, 3.8) is 0 Å². The number of fused-ring (bicyclic) bond motifs is 1. The zero-order valence-electron chi connectivity index (χ0n) is 26.4. The fourth-order valence-corrected chi connectivity index (χ4v) is 6.91. The van der Waals surface area contributed by atoms with Gasteiger partial charge in [0, 0.05) is 6.07 Å². The number of benzene rings is 4.